The molecule has 0 heterocycles. The van der Waals surface area contributed by atoms with Gasteiger partial charge in [-0.1, -0.05) is 31.2 Å². The number of allylic oxidation sites excluding steroid dienone is 1. The minimum absolute atomic E-state index is 0.327. The molecule has 1 N–H and O–H groups in total. The molecule has 0 unspecified atom stereocenters. The van der Waals surface area contributed by atoms with Crippen molar-refractivity contribution in [3.63, 3.8) is 0 Å². The molecule has 0 aromatic heterocycles. The molecule has 0 aliphatic rings. The van der Waals surface area contributed by atoms with Gasteiger partial charge in [-0.3, -0.25) is 0 Å². The van der Waals surface area contributed by atoms with Gasteiger partial charge in [-0.25, -0.2) is 4.79 Å². The van der Waals surface area contributed by atoms with Gasteiger partial charge < -0.3 is 5.11 Å². The van der Waals surface area contributed by atoms with E-state index in [1.165, 1.54) is 0 Å². The maximum absolute atomic E-state index is 10.5. The van der Waals surface area contributed by atoms with Crippen LogP contribution in [0, 0.1) is 0 Å². The van der Waals surface area contributed by atoms with Gasteiger partial charge in [-0.2, -0.15) is 0 Å². The van der Waals surface area contributed by atoms with E-state index < -0.39 is 5.97 Å². The molecule has 1 aromatic rings. The molecule has 2 nitrogen and oxygen atoms in total. The Balaban J connectivity index is 2.81. The molecule has 0 radical (unpaired) electrons. The molecule has 0 bridgehead atoms. The maximum Gasteiger partial charge on any atom is 0.335 e. The third kappa shape index (κ3) is 2.75. The second-order valence-corrected chi connectivity index (χ2v) is 2.74. The Morgan fingerprint density at radius 3 is 2.46 bits per heavy atom. The molecule has 0 aliphatic carbocycles. The summed E-state index contributed by atoms with van der Waals surface area (Å²) in [7, 11) is 0. The average molecular weight is 176 g/mol. The van der Waals surface area contributed by atoms with Crippen molar-refractivity contribution in [2.75, 3.05) is 0 Å². The topological polar surface area (TPSA) is 37.3 Å². The van der Waals surface area contributed by atoms with E-state index in [-0.39, 0.29) is 0 Å². The number of carbonyl (C=O) groups is 1. The number of rotatable bonds is 3. The fourth-order valence-corrected chi connectivity index (χ4v) is 0.991. The van der Waals surface area contributed by atoms with E-state index in [1.54, 1.807) is 24.3 Å². The first-order chi connectivity index (χ1) is 6.24. The van der Waals surface area contributed by atoms with Crippen LogP contribution in [0.2, 0.25) is 0 Å². The van der Waals surface area contributed by atoms with Gasteiger partial charge >= 0.3 is 5.97 Å². The molecule has 0 aliphatic heterocycles. The van der Waals surface area contributed by atoms with Gasteiger partial charge in [0.2, 0.25) is 0 Å². The van der Waals surface area contributed by atoms with E-state index in [0.29, 0.717) is 5.56 Å². The standard InChI is InChI=1S/C11H12O2/c1-2-3-4-9-5-7-10(8-6-9)11(12)13/h3-8H,2H2,1H3,(H,12,13). The predicted molar refractivity (Wildman–Crippen MR) is 52.7 cm³/mol. The molecule has 1 rings (SSSR count). The number of carboxylic acid groups (broad SMARTS) is 1. The molecule has 0 fully saturated rings. The average Bonchev–Trinajstić information content (AvgIpc) is 2.15. The lowest BCUT2D eigenvalue weighted by atomic mass is 10.1. The van der Waals surface area contributed by atoms with Gasteiger partial charge in [0.15, 0.2) is 0 Å². The molecule has 0 saturated carbocycles. The van der Waals surface area contributed by atoms with Gasteiger partial charge in [0.1, 0.15) is 0 Å². The molecule has 0 spiro atoms. The number of hydrogen-bond donors (Lipinski definition) is 1. The summed E-state index contributed by atoms with van der Waals surface area (Å²) in [5.41, 5.74) is 1.36. The summed E-state index contributed by atoms with van der Waals surface area (Å²) in [5.74, 6) is -0.883. The Morgan fingerprint density at radius 1 is 1.38 bits per heavy atom. The van der Waals surface area contributed by atoms with Gasteiger partial charge in [-0.15, -0.1) is 0 Å². The van der Waals surface area contributed by atoms with Crippen molar-refractivity contribution < 1.29 is 9.90 Å². The van der Waals surface area contributed by atoms with E-state index in [9.17, 15) is 4.79 Å². The van der Waals surface area contributed by atoms with Crippen LogP contribution in [0.3, 0.4) is 0 Å². The summed E-state index contributed by atoms with van der Waals surface area (Å²) in [5, 5.41) is 8.63. The number of benzene rings is 1. The molecule has 0 saturated heterocycles. The number of aromatic carboxylic acids is 1. The zero-order valence-corrected chi connectivity index (χ0v) is 7.53. The molecule has 0 atom stereocenters. The third-order valence-electron chi connectivity index (χ3n) is 1.70. The number of carboxylic acids is 1. The zero-order chi connectivity index (χ0) is 9.68. The first kappa shape index (κ1) is 9.52. The van der Waals surface area contributed by atoms with Crippen LogP contribution in [0.25, 0.3) is 6.08 Å². The summed E-state index contributed by atoms with van der Waals surface area (Å²) >= 11 is 0. The summed E-state index contributed by atoms with van der Waals surface area (Å²) in [4.78, 5) is 10.5. The lowest BCUT2D eigenvalue weighted by Gasteiger charge is -1.95. The Labute approximate surface area is 77.5 Å². The van der Waals surface area contributed by atoms with E-state index in [2.05, 4.69) is 6.92 Å². The van der Waals surface area contributed by atoms with Crippen molar-refractivity contribution >= 4 is 12.0 Å². The quantitative estimate of drug-likeness (QED) is 0.768. The van der Waals surface area contributed by atoms with Crippen LogP contribution in [0.4, 0.5) is 0 Å². The van der Waals surface area contributed by atoms with Crippen molar-refractivity contribution in [1.29, 1.82) is 0 Å². The summed E-state index contributed by atoms with van der Waals surface area (Å²) in [6, 6.07) is 6.82. The SMILES string of the molecule is CCC=Cc1ccc(C(=O)O)cc1. The van der Waals surface area contributed by atoms with Gasteiger partial charge in [-0.05, 0) is 24.1 Å². The monoisotopic (exact) mass is 176 g/mol. The van der Waals surface area contributed by atoms with Gasteiger partial charge in [0.05, 0.1) is 5.56 Å². The normalized spacial score (nSPS) is 10.5. The van der Waals surface area contributed by atoms with Crippen molar-refractivity contribution in [3.8, 4) is 0 Å². The highest BCUT2D eigenvalue weighted by atomic mass is 16.4. The first-order valence-electron chi connectivity index (χ1n) is 4.24. The van der Waals surface area contributed by atoms with Crippen LogP contribution >= 0.6 is 0 Å². The summed E-state index contributed by atoms with van der Waals surface area (Å²) in [6.07, 6.45) is 5.00. The zero-order valence-electron chi connectivity index (χ0n) is 7.53. The van der Waals surface area contributed by atoms with Crippen molar-refractivity contribution in [1.82, 2.24) is 0 Å². The highest BCUT2D eigenvalue weighted by molar-refractivity contribution is 5.87. The van der Waals surface area contributed by atoms with E-state index >= 15 is 0 Å². The highest BCUT2D eigenvalue weighted by Gasteiger charge is 1.99. The van der Waals surface area contributed by atoms with Crippen molar-refractivity contribution in [2.45, 2.75) is 13.3 Å². The second kappa shape index (κ2) is 4.45. The molecular weight excluding hydrogens is 164 g/mol. The Morgan fingerprint density at radius 2 is 2.00 bits per heavy atom. The molecular formula is C11H12O2. The Kier molecular flexibility index (Phi) is 3.26. The van der Waals surface area contributed by atoms with Crippen molar-refractivity contribution in [3.05, 3.63) is 41.5 Å². The fourth-order valence-electron chi connectivity index (χ4n) is 0.991. The lowest BCUT2D eigenvalue weighted by Crippen LogP contribution is -1.94. The highest BCUT2D eigenvalue weighted by Crippen LogP contribution is 2.06. The molecule has 0 amide bonds. The predicted octanol–water partition coefficient (Wildman–Crippen LogP) is 2.81. The smallest absolute Gasteiger partial charge is 0.335 e. The van der Waals surface area contributed by atoms with Gasteiger partial charge in [0.25, 0.3) is 0 Å². The largest absolute Gasteiger partial charge is 0.478 e. The molecule has 2 heteroatoms. The second-order valence-electron chi connectivity index (χ2n) is 2.74. The molecule has 68 valence electrons. The first-order valence-corrected chi connectivity index (χ1v) is 4.24. The number of hydrogen-bond acceptors (Lipinski definition) is 1. The minimum atomic E-state index is -0.883. The summed E-state index contributed by atoms with van der Waals surface area (Å²) in [6.45, 7) is 2.06. The van der Waals surface area contributed by atoms with Crippen LogP contribution in [-0.2, 0) is 0 Å². The van der Waals surface area contributed by atoms with Gasteiger partial charge in [0, 0.05) is 0 Å². The van der Waals surface area contributed by atoms with Crippen LogP contribution in [-0.4, -0.2) is 11.1 Å². The fraction of sp³-hybridized carbons (Fsp3) is 0.182. The van der Waals surface area contributed by atoms with E-state index in [4.69, 9.17) is 5.11 Å². The van der Waals surface area contributed by atoms with Crippen LogP contribution in [0.15, 0.2) is 30.3 Å². The molecule has 1 aromatic carbocycles. The van der Waals surface area contributed by atoms with Crippen LogP contribution in [0.1, 0.15) is 29.3 Å². The third-order valence-corrected chi connectivity index (χ3v) is 1.70. The summed E-state index contributed by atoms with van der Waals surface area (Å²) < 4.78 is 0. The van der Waals surface area contributed by atoms with E-state index in [1.807, 2.05) is 12.2 Å². The Hall–Kier alpha value is -1.57. The Bertz CT molecular complexity index is 309. The van der Waals surface area contributed by atoms with Crippen LogP contribution in [0.5, 0.6) is 0 Å². The van der Waals surface area contributed by atoms with Crippen molar-refractivity contribution in [2.24, 2.45) is 0 Å². The minimum Gasteiger partial charge on any atom is -0.478 e. The maximum atomic E-state index is 10.5. The van der Waals surface area contributed by atoms with Crippen LogP contribution < -0.4 is 0 Å². The lowest BCUT2D eigenvalue weighted by molar-refractivity contribution is 0.0697. The van der Waals surface area contributed by atoms with E-state index in [0.717, 1.165) is 12.0 Å². The molecule has 13 heavy (non-hydrogen) atoms.